The fourth-order valence-electron chi connectivity index (χ4n) is 4.86. The van der Waals surface area contributed by atoms with Crippen molar-refractivity contribution in [2.24, 2.45) is 0 Å². The van der Waals surface area contributed by atoms with E-state index in [4.69, 9.17) is 11.6 Å². The molecule has 4 aromatic rings. The summed E-state index contributed by atoms with van der Waals surface area (Å²) in [6, 6.07) is 9.41. The molecule has 2 aliphatic rings. The zero-order valence-corrected chi connectivity index (χ0v) is 20.8. The second-order valence-electron chi connectivity index (χ2n) is 9.17. The highest BCUT2D eigenvalue weighted by Crippen LogP contribution is 2.49. The zero-order chi connectivity index (χ0) is 25.9. The van der Waals surface area contributed by atoms with Gasteiger partial charge in [0, 0.05) is 25.2 Å². The van der Waals surface area contributed by atoms with Gasteiger partial charge >= 0.3 is 0 Å². The molecule has 2 aromatic carbocycles. The summed E-state index contributed by atoms with van der Waals surface area (Å²) >= 11 is 6.58. The van der Waals surface area contributed by atoms with Crippen LogP contribution in [0, 0.1) is 5.82 Å². The maximum absolute atomic E-state index is 13.6. The molecule has 13 heteroatoms. The van der Waals surface area contributed by atoms with Crippen molar-refractivity contribution in [1.82, 2.24) is 19.2 Å². The number of piperazine rings is 1. The van der Waals surface area contributed by atoms with Gasteiger partial charge in [-0.25, -0.2) is 23.1 Å². The lowest BCUT2D eigenvalue weighted by molar-refractivity contribution is 0.151. The van der Waals surface area contributed by atoms with Crippen molar-refractivity contribution < 1.29 is 21.6 Å². The summed E-state index contributed by atoms with van der Waals surface area (Å²) in [5.41, 5.74) is -0.309. The monoisotopic (exact) mass is 548 g/mol. The molecule has 192 valence electrons. The highest BCUT2D eigenvalue weighted by atomic mass is 35.5. The summed E-state index contributed by atoms with van der Waals surface area (Å²) in [5.74, 6) is 0.348. The Morgan fingerprint density at radius 3 is 2.35 bits per heavy atom. The Hall–Kier alpha value is -3.38. The molecule has 0 unspecified atom stereocenters. The van der Waals surface area contributed by atoms with Crippen LogP contribution >= 0.6 is 11.6 Å². The van der Waals surface area contributed by atoms with E-state index in [9.17, 15) is 21.6 Å². The van der Waals surface area contributed by atoms with Gasteiger partial charge in [0.15, 0.2) is 11.6 Å². The first-order chi connectivity index (χ1) is 17.7. The third kappa shape index (κ3) is 3.98. The average Bonchev–Trinajstić information content (AvgIpc) is 3.52. The van der Waals surface area contributed by atoms with Crippen LogP contribution in [0.15, 0.2) is 59.8 Å². The number of nitrogens with zero attached hydrogens (tertiary/aromatic N) is 6. The number of halogens is 4. The molecule has 1 spiro atoms. The summed E-state index contributed by atoms with van der Waals surface area (Å²) in [6.07, 6.45) is 1.22. The Labute approximate surface area is 215 Å². The van der Waals surface area contributed by atoms with Crippen molar-refractivity contribution in [3.63, 3.8) is 0 Å². The molecule has 1 aliphatic carbocycles. The summed E-state index contributed by atoms with van der Waals surface area (Å²) in [5, 5.41) is 5.39. The van der Waals surface area contributed by atoms with E-state index in [1.54, 1.807) is 18.2 Å². The molecule has 8 nitrogen and oxygen atoms in total. The van der Waals surface area contributed by atoms with E-state index < -0.39 is 22.3 Å². The first-order valence-corrected chi connectivity index (χ1v) is 13.3. The van der Waals surface area contributed by atoms with Gasteiger partial charge in [0.2, 0.25) is 5.95 Å². The van der Waals surface area contributed by atoms with Gasteiger partial charge in [-0.15, -0.1) is 5.10 Å². The van der Waals surface area contributed by atoms with Crippen molar-refractivity contribution >= 4 is 44.3 Å². The number of aromatic nitrogens is 4. The molecule has 2 aromatic heterocycles. The van der Waals surface area contributed by atoms with Crippen molar-refractivity contribution in [3.8, 4) is 0 Å². The van der Waals surface area contributed by atoms with Crippen molar-refractivity contribution in [1.29, 1.82) is 0 Å². The largest absolute Gasteiger partial charge is 0.345 e. The highest BCUT2D eigenvalue weighted by molar-refractivity contribution is 7.90. The Morgan fingerprint density at radius 2 is 1.70 bits per heavy atom. The lowest BCUT2D eigenvalue weighted by Gasteiger charge is -2.42. The number of hydrogen-bond acceptors (Lipinski definition) is 7. The average molecular weight is 549 g/mol. The Morgan fingerprint density at radius 1 is 1.00 bits per heavy atom. The number of fused-ring (bicyclic) bond motifs is 1. The van der Waals surface area contributed by atoms with Crippen molar-refractivity contribution in [2.75, 3.05) is 29.4 Å². The molecule has 37 heavy (non-hydrogen) atoms. The van der Waals surface area contributed by atoms with Gasteiger partial charge in [-0.2, -0.15) is 12.5 Å². The molecule has 0 N–H and O–H groups in total. The molecular weight excluding hydrogens is 529 g/mol. The molecule has 6 rings (SSSR count). The predicted molar refractivity (Wildman–Crippen MR) is 132 cm³/mol. The minimum atomic E-state index is -4.21. The minimum absolute atomic E-state index is 0.160. The van der Waals surface area contributed by atoms with Crippen molar-refractivity contribution in [3.05, 3.63) is 71.3 Å². The summed E-state index contributed by atoms with van der Waals surface area (Å²) < 4.78 is 67.4. The minimum Gasteiger partial charge on any atom is -0.345 e. The van der Waals surface area contributed by atoms with Crippen LogP contribution in [-0.2, 0) is 10.0 Å². The van der Waals surface area contributed by atoms with E-state index in [1.807, 2.05) is 4.90 Å². The van der Waals surface area contributed by atoms with Crippen molar-refractivity contribution in [2.45, 2.75) is 29.7 Å². The maximum Gasteiger partial charge on any atom is 0.283 e. The molecule has 3 heterocycles. The molecular formula is C24H20ClF3N6O2S. The summed E-state index contributed by atoms with van der Waals surface area (Å²) in [6.45, 7) is 1.55. The van der Waals surface area contributed by atoms with E-state index in [-0.39, 0.29) is 16.0 Å². The van der Waals surface area contributed by atoms with Crippen LogP contribution in [0.25, 0.3) is 10.9 Å². The Bertz CT molecular complexity index is 1590. The zero-order valence-electron chi connectivity index (χ0n) is 19.2. The lowest BCUT2D eigenvalue weighted by atomic mass is 10.1. The first kappa shape index (κ1) is 24.0. The molecule has 0 radical (unpaired) electrons. The topological polar surface area (TPSA) is 84.2 Å². The number of alkyl halides is 2. The quantitative estimate of drug-likeness (QED) is 0.359. The second kappa shape index (κ2) is 8.59. The number of anilines is 2. The smallest absolute Gasteiger partial charge is 0.283 e. The second-order valence-corrected chi connectivity index (χ2v) is 11.3. The first-order valence-electron chi connectivity index (χ1n) is 11.5. The molecule has 0 amide bonds. The fourth-order valence-corrected chi connectivity index (χ4v) is 6.39. The van der Waals surface area contributed by atoms with Gasteiger partial charge in [-0.1, -0.05) is 29.8 Å². The van der Waals surface area contributed by atoms with Crippen LogP contribution in [0.4, 0.5) is 24.9 Å². The van der Waals surface area contributed by atoms with Crippen LogP contribution in [-0.4, -0.2) is 52.7 Å². The van der Waals surface area contributed by atoms with Gasteiger partial charge in [0.1, 0.15) is 0 Å². The van der Waals surface area contributed by atoms with Gasteiger partial charge < -0.3 is 9.80 Å². The van der Waals surface area contributed by atoms with Crippen LogP contribution in [0.5, 0.6) is 0 Å². The van der Waals surface area contributed by atoms with E-state index in [2.05, 4.69) is 20.0 Å². The number of benzene rings is 2. The Kier molecular flexibility index (Phi) is 5.57. The molecule has 0 bridgehead atoms. The number of rotatable bonds is 5. The molecule has 2 fully saturated rings. The normalized spacial score (nSPS) is 17.2. The SMILES string of the molecule is O=S(=O)(c1ccc(C(F)F)cc1)n1nc(N2CCN(c3ncc(F)cn3)CC23CC3)c2c(Cl)cccc21. The third-order valence-electron chi connectivity index (χ3n) is 6.89. The maximum atomic E-state index is 13.6. The molecule has 1 aliphatic heterocycles. The van der Waals surface area contributed by atoms with Crippen LogP contribution < -0.4 is 9.80 Å². The van der Waals surface area contributed by atoms with Gasteiger partial charge in [0.25, 0.3) is 16.4 Å². The van der Waals surface area contributed by atoms with E-state index >= 15 is 0 Å². The summed E-state index contributed by atoms with van der Waals surface area (Å²) in [4.78, 5) is 12.1. The van der Waals surface area contributed by atoms with Crippen LogP contribution in [0.1, 0.15) is 24.8 Å². The van der Waals surface area contributed by atoms with Crippen LogP contribution in [0.3, 0.4) is 0 Å². The number of hydrogen-bond donors (Lipinski definition) is 0. The molecule has 1 saturated heterocycles. The van der Waals surface area contributed by atoms with E-state index in [0.29, 0.717) is 47.3 Å². The Balaban J connectivity index is 1.41. The third-order valence-corrected chi connectivity index (χ3v) is 8.80. The fraction of sp³-hybridized carbons (Fsp3) is 0.292. The molecule has 0 atom stereocenters. The van der Waals surface area contributed by atoms with Crippen LogP contribution in [0.2, 0.25) is 5.02 Å². The standard InChI is InChI=1S/C24H20ClF3N6O2S/c25-18-2-1-3-19-20(18)22(31-34(19)37(35,36)17-6-4-15(5-7-17)21(27)28)33-11-10-32(14-24(33)8-9-24)23-29-12-16(26)13-30-23/h1-7,12-13,21H,8-11,14H2. The summed E-state index contributed by atoms with van der Waals surface area (Å²) in [7, 11) is -4.21. The van der Waals surface area contributed by atoms with E-state index in [1.165, 1.54) is 0 Å². The van der Waals surface area contributed by atoms with Gasteiger partial charge in [-0.05, 0) is 37.1 Å². The lowest BCUT2D eigenvalue weighted by Crippen LogP contribution is -2.56. The predicted octanol–water partition coefficient (Wildman–Crippen LogP) is 4.65. The van der Waals surface area contributed by atoms with E-state index in [0.717, 1.165) is 53.6 Å². The molecule has 1 saturated carbocycles. The highest BCUT2D eigenvalue weighted by Gasteiger charge is 2.53. The van der Waals surface area contributed by atoms with Gasteiger partial charge in [-0.3, -0.25) is 0 Å². The van der Waals surface area contributed by atoms with Gasteiger partial charge in [0.05, 0.1) is 38.8 Å².